The van der Waals surface area contributed by atoms with Gasteiger partial charge in [-0.05, 0) is 57.0 Å². The number of aromatic carboxylic acids is 1. The normalized spacial score (nSPS) is 13.7. The summed E-state index contributed by atoms with van der Waals surface area (Å²) < 4.78 is 41.4. The van der Waals surface area contributed by atoms with Gasteiger partial charge in [0.15, 0.2) is 5.69 Å². The molecule has 1 fully saturated rings. The molecule has 0 bridgehead atoms. The Kier molecular flexibility index (Phi) is 8.14. The molecule has 1 aromatic heterocycles. The van der Waals surface area contributed by atoms with E-state index in [4.69, 9.17) is 9.47 Å². The van der Waals surface area contributed by atoms with Crippen LogP contribution in [0.3, 0.4) is 0 Å². The van der Waals surface area contributed by atoms with Gasteiger partial charge in [0.2, 0.25) is 21.8 Å². The average Bonchev–Trinajstić information content (AvgIpc) is 3.15. The monoisotopic (exact) mass is 542 g/mol. The highest BCUT2D eigenvalue weighted by molar-refractivity contribution is 7.89. The van der Waals surface area contributed by atoms with Gasteiger partial charge in [-0.15, -0.1) is 0 Å². The Hall–Kier alpha value is -3.74. The van der Waals surface area contributed by atoms with Crippen LogP contribution in [-0.4, -0.2) is 55.4 Å². The summed E-state index contributed by atoms with van der Waals surface area (Å²) in [6, 6.07) is 11.5. The number of anilines is 1. The number of hydrogen-bond donors (Lipinski definition) is 3. The van der Waals surface area contributed by atoms with Crippen LogP contribution in [0.1, 0.15) is 40.9 Å². The summed E-state index contributed by atoms with van der Waals surface area (Å²) in [5.41, 5.74) is 1.82. The zero-order chi connectivity index (χ0) is 27.4. The molecule has 11 nitrogen and oxygen atoms in total. The molecule has 0 atom stereocenters. The van der Waals surface area contributed by atoms with Gasteiger partial charge in [-0.25, -0.2) is 17.9 Å². The van der Waals surface area contributed by atoms with E-state index in [0.29, 0.717) is 11.4 Å². The molecule has 0 radical (unpaired) electrons. The molecular formula is C26H30N4O7S. The number of carbonyl (C=O) groups is 2. The lowest BCUT2D eigenvalue weighted by atomic mass is 9.85. The first kappa shape index (κ1) is 27.3. The third kappa shape index (κ3) is 5.87. The predicted octanol–water partition coefficient (Wildman–Crippen LogP) is 3.64. The molecule has 202 valence electrons. The number of rotatable bonds is 11. The van der Waals surface area contributed by atoms with Crippen LogP contribution in [0.2, 0.25) is 0 Å². The molecule has 0 spiro atoms. The van der Waals surface area contributed by atoms with Crippen LogP contribution in [-0.2, 0) is 19.6 Å². The standard InChI is InChI=1S/C26H30N4O7S/c1-16-7-10-20(11-8-16)30-25(17(2)23(29-30)26(32)33)37-21-12-9-19(28-24(31)18-5-4-6-18)15-22(21)38(34,35)27-13-14-36-3/h7-12,15,18,27H,4-6,13-14H2,1-3H3,(H,28,31)(H,32,33). The lowest BCUT2D eigenvalue weighted by Crippen LogP contribution is -2.29. The molecule has 12 heteroatoms. The van der Waals surface area contributed by atoms with Gasteiger partial charge in [-0.3, -0.25) is 4.79 Å². The van der Waals surface area contributed by atoms with Crippen molar-refractivity contribution >= 4 is 27.6 Å². The number of carbonyl (C=O) groups excluding carboxylic acids is 1. The maximum Gasteiger partial charge on any atom is 0.356 e. The van der Waals surface area contributed by atoms with Crippen molar-refractivity contribution < 1.29 is 32.6 Å². The third-order valence-corrected chi connectivity index (χ3v) is 7.81. The fraction of sp³-hybridized carbons (Fsp3) is 0.346. The Morgan fingerprint density at radius 2 is 1.84 bits per heavy atom. The number of methoxy groups -OCH3 is 1. The van der Waals surface area contributed by atoms with Crippen LogP contribution in [0.15, 0.2) is 47.4 Å². The Labute approximate surface area is 220 Å². The molecule has 2 aromatic carbocycles. The van der Waals surface area contributed by atoms with Crippen molar-refractivity contribution in [3.63, 3.8) is 0 Å². The maximum atomic E-state index is 13.3. The molecular weight excluding hydrogens is 512 g/mol. The van der Waals surface area contributed by atoms with E-state index >= 15 is 0 Å². The van der Waals surface area contributed by atoms with Gasteiger partial charge in [-0.1, -0.05) is 24.1 Å². The predicted molar refractivity (Wildman–Crippen MR) is 140 cm³/mol. The van der Waals surface area contributed by atoms with Gasteiger partial charge in [0.05, 0.1) is 12.3 Å². The number of nitrogens with zero attached hydrogens (tertiary/aromatic N) is 2. The Balaban J connectivity index is 1.77. The highest BCUT2D eigenvalue weighted by Crippen LogP contribution is 2.36. The Morgan fingerprint density at radius 1 is 1.13 bits per heavy atom. The van der Waals surface area contributed by atoms with Gasteiger partial charge in [-0.2, -0.15) is 9.78 Å². The number of aromatic nitrogens is 2. The number of amides is 1. The number of carboxylic acids is 1. The van der Waals surface area contributed by atoms with Crippen molar-refractivity contribution in [1.82, 2.24) is 14.5 Å². The van der Waals surface area contributed by atoms with Crippen LogP contribution in [0.25, 0.3) is 5.69 Å². The molecule has 0 unspecified atom stereocenters. The highest BCUT2D eigenvalue weighted by atomic mass is 32.2. The van der Waals surface area contributed by atoms with E-state index in [-0.39, 0.29) is 52.8 Å². The summed E-state index contributed by atoms with van der Waals surface area (Å²) in [5.74, 6) is -1.52. The smallest absolute Gasteiger partial charge is 0.356 e. The second-order valence-corrected chi connectivity index (χ2v) is 10.8. The zero-order valence-electron chi connectivity index (χ0n) is 21.4. The molecule has 3 aromatic rings. The summed E-state index contributed by atoms with van der Waals surface area (Å²) in [5, 5.41) is 16.7. The lowest BCUT2D eigenvalue weighted by Gasteiger charge is -2.24. The molecule has 0 saturated heterocycles. The SMILES string of the molecule is COCCNS(=O)(=O)c1cc(NC(=O)C2CCC2)ccc1Oc1c(C)c(C(=O)O)nn1-c1ccc(C)cc1. The molecule has 38 heavy (non-hydrogen) atoms. The second-order valence-electron chi connectivity index (χ2n) is 9.10. The van der Waals surface area contributed by atoms with Crippen LogP contribution < -0.4 is 14.8 Å². The largest absolute Gasteiger partial charge is 0.476 e. The fourth-order valence-corrected chi connectivity index (χ4v) is 5.08. The van der Waals surface area contributed by atoms with E-state index in [0.717, 1.165) is 24.8 Å². The Morgan fingerprint density at radius 3 is 2.45 bits per heavy atom. The number of aryl methyl sites for hydroxylation is 1. The Bertz CT molecular complexity index is 1440. The molecule has 0 aliphatic heterocycles. The molecule has 3 N–H and O–H groups in total. The summed E-state index contributed by atoms with van der Waals surface area (Å²) in [6.45, 7) is 3.61. The summed E-state index contributed by atoms with van der Waals surface area (Å²) in [6.07, 6.45) is 2.58. The van der Waals surface area contributed by atoms with Crippen LogP contribution in [0, 0.1) is 19.8 Å². The summed E-state index contributed by atoms with van der Waals surface area (Å²) >= 11 is 0. The van der Waals surface area contributed by atoms with E-state index in [2.05, 4.69) is 15.1 Å². The van der Waals surface area contributed by atoms with Crippen molar-refractivity contribution in [1.29, 1.82) is 0 Å². The molecule has 4 rings (SSSR count). The molecule has 1 heterocycles. The maximum absolute atomic E-state index is 13.3. The minimum atomic E-state index is -4.11. The summed E-state index contributed by atoms with van der Waals surface area (Å²) in [7, 11) is -2.66. The quantitative estimate of drug-likeness (QED) is 0.311. The molecule has 1 saturated carbocycles. The van der Waals surface area contributed by atoms with Crippen molar-refractivity contribution in [2.24, 2.45) is 5.92 Å². The van der Waals surface area contributed by atoms with E-state index in [1.807, 2.05) is 19.1 Å². The number of carboxylic acid groups (broad SMARTS) is 1. The minimum absolute atomic E-state index is 0.0143. The van der Waals surface area contributed by atoms with Crippen LogP contribution >= 0.6 is 0 Å². The van der Waals surface area contributed by atoms with Crippen molar-refractivity contribution in [2.45, 2.75) is 38.0 Å². The summed E-state index contributed by atoms with van der Waals surface area (Å²) in [4.78, 5) is 24.1. The van der Waals surface area contributed by atoms with Crippen molar-refractivity contribution in [3.05, 3.63) is 59.3 Å². The highest BCUT2D eigenvalue weighted by Gasteiger charge is 2.28. The first-order chi connectivity index (χ1) is 18.1. The van der Waals surface area contributed by atoms with Crippen LogP contribution in [0.4, 0.5) is 5.69 Å². The zero-order valence-corrected chi connectivity index (χ0v) is 22.2. The third-order valence-electron chi connectivity index (χ3n) is 6.33. The number of benzene rings is 2. The van der Waals surface area contributed by atoms with Gasteiger partial charge in [0, 0.05) is 30.8 Å². The first-order valence-electron chi connectivity index (χ1n) is 12.1. The van der Waals surface area contributed by atoms with E-state index in [1.54, 1.807) is 18.2 Å². The molecule has 1 aliphatic carbocycles. The number of ether oxygens (including phenoxy) is 2. The van der Waals surface area contributed by atoms with Gasteiger partial charge < -0.3 is 19.9 Å². The van der Waals surface area contributed by atoms with E-state index < -0.39 is 16.0 Å². The minimum Gasteiger partial charge on any atom is -0.476 e. The lowest BCUT2D eigenvalue weighted by molar-refractivity contribution is -0.122. The topological polar surface area (TPSA) is 149 Å². The number of nitrogens with one attached hydrogen (secondary N) is 2. The fourth-order valence-electron chi connectivity index (χ4n) is 3.92. The number of hydrogen-bond acceptors (Lipinski definition) is 7. The number of sulfonamides is 1. The van der Waals surface area contributed by atoms with Crippen LogP contribution in [0.5, 0.6) is 11.6 Å². The second kappa shape index (κ2) is 11.3. The van der Waals surface area contributed by atoms with Gasteiger partial charge in [0.1, 0.15) is 10.6 Å². The van der Waals surface area contributed by atoms with E-state index in [9.17, 15) is 23.1 Å². The van der Waals surface area contributed by atoms with Gasteiger partial charge in [0.25, 0.3) is 0 Å². The molecule has 1 aliphatic rings. The molecule has 1 amide bonds. The van der Waals surface area contributed by atoms with Crippen molar-refractivity contribution in [2.75, 3.05) is 25.6 Å². The first-order valence-corrected chi connectivity index (χ1v) is 13.6. The van der Waals surface area contributed by atoms with Crippen molar-refractivity contribution in [3.8, 4) is 17.3 Å². The van der Waals surface area contributed by atoms with E-state index in [1.165, 1.54) is 30.8 Å². The van der Waals surface area contributed by atoms with Gasteiger partial charge >= 0.3 is 5.97 Å². The average molecular weight is 543 g/mol.